The zero-order valence-electron chi connectivity index (χ0n) is 16.2. The fourth-order valence-electron chi connectivity index (χ4n) is 4.20. The van der Waals surface area contributed by atoms with Gasteiger partial charge in [-0.2, -0.15) is 0 Å². The quantitative estimate of drug-likeness (QED) is 0.522. The molecule has 0 bridgehead atoms. The normalized spacial score (nSPS) is 17.1. The molecule has 7 nitrogen and oxygen atoms in total. The van der Waals surface area contributed by atoms with Gasteiger partial charge in [0.15, 0.2) is 17.2 Å². The van der Waals surface area contributed by atoms with E-state index in [0.29, 0.717) is 42.5 Å². The number of pyridine rings is 2. The number of aryl methyl sites for hydroxylation is 1. The Morgan fingerprint density at radius 1 is 1.13 bits per heavy atom. The minimum atomic E-state index is -0.249. The number of nitrogens with zero attached hydrogens (tertiary/aromatic N) is 4. The van der Waals surface area contributed by atoms with E-state index in [1.807, 2.05) is 35.7 Å². The molecule has 0 saturated heterocycles. The SMILES string of the molecule is Cc1ccc(-c2cc3c(n4cnnc24)NCc2c(F)ccc4c2[C@H](CO4)CO3)nc1. The molecule has 2 aliphatic heterocycles. The maximum absolute atomic E-state index is 14.7. The van der Waals surface area contributed by atoms with Crippen molar-refractivity contribution < 1.29 is 13.9 Å². The molecule has 0 spiro atoms. The lowest BCUT2D eigenvalue weighted by molar-refractivity contribution is 0.249. The third kappa shape index (κ3) is 2.53. The van der Waals surface area contributed by atoms with Crippen LogP contribution in [0.4, 0.5) is 10.2 Å². The zero-order valence-corrected chi connectivity index (χ0v) is 16.2. The van der Waals surface area contributed by atoms with Crippen LogP contribution in [0.3, 0.4) is 0 Å². The average Bonchev–Trinajstić information content (AvgIpc) is 3.40. The van der Waals surface area contributed by atoms with Crippen LogP contribution in [-0.4, -0.2) is 32.8 Å². The second-order valence-corrected chi connectivity index (χ2v) is 7.63. The van der Waals surface area contributed by atoms with Gasteiger partial charge in [0.1, 0.15) is 17.9 Å². The zero-order chi connectivity index (χ0) is 20.2. The van der Waals surface area contributed by atoms with Gasteiger partial charge in [-0.15, -0.1) is 10.2 Å². The molecule has 150 valence electrons. The number of rotatable bonds is 1. The number of aromatic nitrogens is 4. The highest BCUT2D eigenvalue weighted by molar-refractivity contribution is 5.80. The smallest absolute Gasteiger partial charge is 0.171 e. The van der Waals surface area contributed by atoms with Crippen LogP contribution in [-0.2, 0) is 6.54 Å². The van der Waals surface area contributed by atoms with Gasteiger partial charge in [0, 0.05) is 29.4 Å². The summed E-state index contributed by atoms with van der Waals surface area (Å²) in [6.07, 6.45) is 3.44. The van der Waals surface area contributed by atoms with Crippen molar-refractivity contribution in [3.8, 4) is 22.8 Å². The summed E-state index contributed by atoms with van der Waals surface area (Å²) in [5.74, 6) is 1.77. The minimum Gasteiger partial charge on any atom is -0.493 e. The van der Waals surface area contributed by atoms with Crippen molar-refractivity contribution in [1.82, 2.24) is 19.6 Å². The van der Waals surface area contributed by atoms with Gasteiger partial charge in [-0.1, -0.05) is 6.07 Å². The summed E-state index contributed by atoms with van der Waals surface area (Å²) in [5.41, 5.74) is 4.83. The molecule has 1 N–H and O–H groups in total. The van der Waals surface area contributed by atoms with Crippen LogP contribution in [0.2, 0.25) is 0 Å². The molecule has 0 radical (unpaired) electrons. The van der Waals surface area contributed by atoms with Gasteiger partial charge in [0.2, 0.25) is 0 Å². The van der Waals surface area contributed by atoms with E-state index in [4.69, 9.17) is 9.47 Å². The summed E-state index contributed by atoms with van der Waals surface area (Å²) in [4.78, 5) is 4.54. The van der Waals surface area contributed by atoms with Gasteiger partial charge < -0.3 is 14.8 Å². The molecule has 6 rings (SSSR count). The molecule has 0 amide bonds. The topological polar surface area (TPSA) is 73.6 Å². The molecule has 0 aliphatic carbocycles. The van der Waals surface area contributed by atoms with Crippen molar-refractivity contribution >= 4 is 11.5 Å². The first-order valence-electron chi connectivity index (χ1n) is 9.79. The predicted molar refractivity (Wildman–Crippen MR) is 108 cm³/mol. The minimum absolute atomic E-state index is 0.0315. The third-order valence-electron chi connectivity index (χ3n) is 5.71. The lowest BCUT2D eigenvalue weighted by Crippen LogP contribution is -2.13. The fourth-order valence-corrected chi connectivity index (χ4v) is 4.20. The lowest BCUT2D eigenvalue weighted by atomic mass is 9.96. The molecule has 1 atom stereocenters. The Hall–Kier alpha value is -3.68. The Kier molecular flexibility index (Phi) is 3.68. The Bertz CT molecular complexity index is 1290. The number of ether oxygens (including phenoxy) is 2. The van der Waals surface area contributed by atoms with Gasteiger partial charge >= 0.3 is 0 Å². The predicted octanol–water partition coefficient (Wildman–Crippen LogP) is 3.72. The van der Waals surface area contributed by atoms with Crippen LogP contribution in [0, 0.1) is 12.7 Å². The highest BCUT2D eigenvalue weighted by Crippen LogP contribution is 2.41. The highest BCUT2D eigenvalue weighted by Gasteiger charge is 2.31. The van der Waals surface area contributed by atoms with E-state index in [2.05, 4.69) is 20.5 Å². The van der Waals surface area contributed by atoms with E-state index in [-0.39, 0.29) is 11.7 Å². The Morgan fingerprint density at radius 2 is 2.00 bits per heavy atom. The Balaban J connectivity index is 1.51. The number of benzene rings is 1. The largest absolute Gasteiger partial charge is 0.493 e. The monoisotopic (exact) mass is 403 g/mol. The molecule has 0 saturated carbocycles. The van der Waals surface area contributed by atoms with E-state index in [9.17, 15) is 4.39 Å². The number of hydrogen-bond acceptors (Lipinski definition) is 6. The number of hydrogen-bond donors (Lipinski definition) is 1. The van der Waals surface area contributed by atoms with E-state index in [1.165, 1.54) is 6.07 Å². The molecular weight excluding hydrogens is 385 g/mol. The van der Waals surface area contributed by atoms with Crippen molar-refractivity contribution in [2.24, 2.45) is 0 Å². The Labute approximate surface area is 171 Å². The van der Waals surface area contributed by atoms with E-state index in [1.54, 1.807) is 12.4 Å². The van der Waals surface area contributed by atoms with Crippen LogP contribution in [0.1, 0.15) is 22.6 Å². The van der Waals surface area contributed by atoms with Crippen molar-refractivity contribution in [1.29, 1.82) is 0 Å². The number of nitrogens with one attached hydrogen (secondary N) is 1. The van der Waals surface area contributed by atoms with Crippen LogP contribution in [0.15, 0.2) is 42.9 Å². The summed E-state index contributed by atoms with van der Waals surface area (Å²) >= 11 is 0. The molecule has 0 unspecified atom stereocenters. The summed E-state index contributed by atoms with van der Waals surface area (Å²) in [6.45, 7) is 3.16. The molecular formula is C22H18FN5O2. The highest BCUT2D eigenvalue weighted by atomic mass is 19.1. The molecule has 2 aliphatic rings. The van der Waals surface area contributed by atoms with Gasteiger partial charge in [-0.05, 0) is 36.8 Å². The van der Waals surface area contributed by atoms with Gasteiger partial charge in [-0.25, -0.2) is 4.39 Å². The van der Waals surface area contributed by atoms with E-state index >= 15 is 0 Å². The molecule has 5 heterocycles. The maximum atomic E-state index is 14.7. The van der Waals surface area contributed by atoms with Crippen molar-refractivity contribution in [3.63, 3.8) is 0 Å². The molecule has 3 aromatic heterocycles. The number of halogens is 1. The lowest BCUT2D eigenvalue weighted by Gasteiger charge is -2.16. The molecule has 1 aromatic carbocycles. The first-order chi connectivity index (χ1) is 14.7. The fraction of sp³-hybridized carbons (Fsp3) is 0.227. The van der Waals surface area contributed by atoms with Crippen LogP contribution >= 0.6 is 0 Å². The van der Waals surface area contributed by atoms with Crippen LogP contribution in [0.25, 0.3) is 16.9 Å². The van der Waals surface area contributed by atoms with E-state index in [0.717, 1.165) is 28.1 Å². The van der Waals surface area contributed by atoms with Gasteiger partial charge in [0.05, 0.1) is 24.8 Å². The molecule has 0 fully saturated rings. The molecule has 4 aromatic rings. The van der Waals surface area contributed by atoms with Crippen molar-refractivity contribution in [3.05, 3.63) is 65.4 Å². The Morgan fingerprint density at radius 3 is 2.83 bits per heavy atom. The average molecular weight is 403 g/mol. The van der Waals surface area contributed by atoms with Crippen LogP contribution < -0.4 is 14.8 Å². The third-order valence-corrected chi connectivity index (χ3v) is 5.71. The first-order valence-corrected chi connectivity index (χ1v) is 9.79. The summed E-state index contributed by atoms with van der Waals surface area (Å²) in [5, 5.41) is 11.7. The van der Waals surface area contributed by atoms with E-state index < -0.39 is 0 Å². The summed E-state index contributed by atoms with van der Waals surface area (Å²) in [7, 11) is 0. The first kappa shape index (κ1) is 17.2. The maximum Gasteiger partial charge on any atom is 0.171 e. The number of fused-ring (bicyclic) bond motifs is 3. The second kappa shape index (κ2) is 6.41. The summed E-state index contributed by atoms with van der Waals surface area (Å²) < 4.78 is 28.5. The molecule has 30 heavy (non-hydrogen) atoms. The van der Waals surface area contributed by atoms with Crippen LogP contribution in [0.5, 0.6) is 11.5 Å². The van der Waals surface area contributed by atoms with Gasteiger partial charge in [0.25, 0.3) is 0 Å². The standard InChI is InChI=1S/C22H18FN5O2/c1-12-2-4-17(24-7-12)14-6-19-22(28-11-26-27-21(14)28)25-8-15-16(23)3-5-18-20(15)13(9-29-18)10-30-19/h2-7,11,13,25H,8-10H2,1H3/t13-/m1/s1. The summed E-state index contributed by atoms with van der Waals surface area (Å²) in [6, 6.07) is 9.04. The van der Waals surface area contributed by atoms with Crippen molar-refractivity contribution in [2.75, 3.05) is 18.5 Å². The second-order valence-electron chi connectivity index (χ2n) is 7.63. The molecule has 8 heteroatoms. The number of anilines is 1. The van der Waals surface area contributed by atoms with Gasteiger partial charge in [-0.3, -0.25) is 9.38 Å². The van der Waals surface area contributed by atoms with Crippen molar-refractivity contribution in [2.45, 2.75) is 19.4 Å².